The molecule has 1 N–H and O–H groups in total. The molecular formula is C12H16O2. The Morgan fingerprint density at radius 3 is 2.71 bits per heavy atom. The third kappa shape index (κ3) is 1.40. The molecule has 0 saturated heterocycles. The minimum atomic E-state index is -0.633. The second kappa shape index (κ2) is 3.28. The fourth-order valence-corrected chi connectivity index (χ4v) is 1.89. The van der Waals surface area contributed by atoms with Gasteiger partial charge in [0.25, 0.3) is 0 Å². The molecule has 1 aliphatic rings. The van der Waals surface area contributed by atoms with Crippen LogP contribution < -0.4 is 4.74 Å². The molecule has 14 heavy (non-hydrogen) atoms. The number of rotatable bonds is 3. The van der Waals surface area contributed by atoms with Crippen molar-refractivity contribution in [3.63, 3.8) is 0 Å². The summed E-state index contributed by atoms with van der Waals surface area (Å²) in [6.45, 7) is 4.65. The molecule has 0 aromatic heterocycles. The lowest BCUT2D eigenvalue weighted by Crippen LogP contribution is -2.10. The van der Waals surface area contributed by atoms with Crippen LogP contribution in [0.2, 0.25) is 0 Å². The van der Waals surface area contributed by atoms with Gasteiger partial charge in [-0.2, -0.15) is 0 Å². The SMILES string of the molecule is CCOc1ccccc1C1(O)CC1C. The molecule has 2 atom stereocenters. The average molecular weight is 192 g/mol. The van der Waals surface area contributed by atoms with Gasteiger partial charge in [0.15, 0.2) is 0 Å². The Bertz CT molecular complexity index is 335. The molecule has 76 valence electrons. The van der Waals surface area contributed by atoms with E-state index in [9.17, 15) is 5.11 Å². The van der Waals surface area contributed by atoms with Crippen LogP contribution in [0.25, 0.3) is 0 Å². The number of ether oxygens (including phenoxy) is 1. The molecule has 0 spiro atoms. The van der Waals surface area contributed by atoms with Crippen molar-refractivity contribution < 1.29 is 9.84 Å². The van der Waals surface area contributed by atoms with Crippen molar-refractivity contribution in [1.82, 2.24) is 0 Å². The molecule has 0 radical (unpaired) electrons. The first-order valence-electron chi connectivity index (χ1n) is 5.13. The molecular weight excluding hydrogens is 176 g/mol. The van der Waals surface area contributed by atoms with E-state index in [2.05, 4.69) is 6.92 Å². The van der Waals surface area contributed by atoms with E-state index < -0.39 is 5.60 Å². The number of hydrogen-bond donors (Lipinski definition) is 1. The summed E-state index contributed by atoms with van der Waals surface area (Å²) in [5.74, 6) is 1.17. The summed E-state index contributed by atoms with van der Waals surface area (Å²) in [5, 5.41) is 10.2. The third-order valence-electron chi connectivity index (χ3n) is 2.93. The van der Waals surface area contributed by atoms with E-state index in [0.717, 1.165) is 17.7 Å². The van der Waals surface area contributed by atoms with Gasteiger partial charge in [-0.3, -0.25) is 0 Å². The van der Waals surface area contributed by atoms with Crippen molar-refractivity contribution in [3.8, 4) is 5.75 Å². The Kier molecular flexibility index (Phi) is 2.23. The Labute approximate surface area is 84.5 Å². The summed E-state index contributed by atoms with van der Waals surface area (Å²) in [4.78, 5) is 0. The van der Waals surface area contributed by atoms with Gasteiger partial charge in [-0.1, -0.05) is 25.1 Å². The second-order valence-electron chi connectivity index (χ2n) is 3.96. The van der Waals surface area contributed by atoms with Gasteiger partial charge in [-0.05, 0) is 25.3 Å². The topological polar surface area (TPSA) is 29.5 Å². The van der Waals surface area contributed by atoms with Crippen molar-refractivity contribution in [2.75, 3.05) is 6.61 Å². The first-order chi connectivity index (χ1) is 6.68. The lowest BCUT2D eigenvalue weighted by atomic mass is 10.0. The normalized spacial score (nSPS) is 30.1. The predicted octanol–water partition coefficient (Wildman–Crippen LogP) is 2.31. The minimum Gasteiger partial charge on any atom is -0.493 e. The second-order valence-corrected chi connectivity index (χ2v) is 3.96. The summed E-state index contributed by atoms with van der Waals surface area (Å²) in [5.41, 5.74) is 0.306. The van der Waals surface area contributed by atoms with E-state index in [1.807, 2.05) is 31.2 Å². The van der Waals surface area contributed by atoms with Crippen LogP contribution in [0.4, 0.5) is 0 Å². The van der Waals surface area contributed by atoms with E-state index in [-0.39, 0.29) is 0 Å². The van der Waals surface area contributed by atoms with Crippen molar-refractivity contribution in [1.29, 1.82) is 0 Å². The molecule has 0 amide bonds. The zero-order valence-electron chi connectivity index (χ0n) is 8.66. The molecule has 1 fully saturated rings. The van der Waals surface area contributed by atoms with Gasteiger partial charge in [0.2, 0.25) is 0 Å². The highest BCUT2D eigenvalue weighted by molar-refractivity contribution is 5.41. The summed E-state index contributed by atoms with van der Waals surface area (Å²) in [6.07, 6.45) is 0.844. The Hall–Kier alpha value is -1.02. The number of para-hydroxylation sites is 1. The quantitative estimate of drug-likeness (QED) is 0.796. The molecule has 0 aliphatic heterocycles. The molecule has 2 heteroatoms. The van der Waals surface area contributed by atoms with Gasteiger partial charge in [0.1, 0.15) is 5.75 Å². The van der Waals surface area contributed by atoms with Crippen molar-refractivity contribution >= 4 is 0 Å². The van der Waals surface area contributed by atoms with Crippen molar-refractivity contribution in [2.45, 2.75) is 25.9 Å². The van der Waals surface area contributed by atoms with Crippen molar-refractivity contribution in [3.05, 3.63) is 29.8 Å². The Balaban J connectivity index is 2.33. The first-order valence-corrected chi connectivity index (χ1v) is 5.13. The average Bonchev–Trinajstić information content (AvgIpc) is 2.77. The molecule has 2 nitrogen and oxygen atoms in total. The standard InChI is InChI=1S/C12H16O2/c1-3-14-11-7-5-4-6-10(11)12(13)8-9(12)2/h4-7,9,13H,3,8H2,1-2H3. The fourth-order valence-electron chi connectivity index (χ4n) is 1.89. The maximum Gasteiger partial charge on any atom is 0.125 e. The van der Waals surface area contributed by atoms with Gasteiger partial charge < -0.3 is 9.84 Å². The van der Waals surface area contributed by atoms with Gasteiger partial charge in [-0.25, -0.2) is 0 Å². The van der Waals surface area contributed by atoms with E-state index in [1.54, 1.807) is 0 Å². The van der Waals surface area contributed by atoms with E-state index in [0.29, 0.717) is 12.5 Å². The van der Waals surface area contributed by atoms with Crippen LogP contribution >= 0.6 is 0 Å². The van der Waals surface area contributed by atoms with E-state index in [4.69, 9.17) is 4.74 Å². The highest BCUT2D eigenvalue weighted by Gasteiger charge is 2.52. The van der Waals surface area contributed by atoms with Crippen LogP contribution in [-0.4, -0.2) is 11.7 Å². The zero-order valence-corrected chi connectivity index (χ0v) is 8.66. The molecule has 2 unspecified atom stereocenters. The van der Waals surface area contributed by atoms with Crippen LogP contribution in [0.3, 0.4) is 0 Å². The highest BCUT2D eigenvalue weighted by Crippen LogP contribution is 2.53. The summed E-state index contributed by atoms with van der Waals surface area (Å²) in [7, 11) is 0. The summed E-state index contributed by atoms with van der Waals surface area (Å²) >= 11 is 0. The van der Waals surface area contributed by atoms with E-state index in [1.165, 1.54) is 0 Å². The van der Waals surface area contributed by atoms with Gasteiger partial charge in [0.05, 0.1) is 12.2 Å². The zero-order chi connectivity index (χ0) is 10.2. The number of aliphatic hydroxyl groups is 1. The molecule has 1 saturated carbocycles. The van der Waals surface area contributed by atoms with Gasteiger partial charge >= 0.3 is 0 Å². The van der Waals surface area contributed by atoms with Gasteiger partial charge in [-0.15, -0.1) is 0 Å². The fraction of sp³-hybridized carbons (Fsp3) is 0.500. The maximum absolute atomic E-state index is 10.2. The van der Waals surface area contributed by atoms with Crippen LogP contribution in [0.15, 0.2) is 24.3 Å². The van der Waals surface area contributed by atoms with Crippen LogP contribution in [0.5, 0.6) is 5.75 Å². The minimum absolute atomic E-state index is 0.351. The van der Waals surface area contributed by atoms with Gasteiger partial charge in [0, 0.05) is 5.56 Å². The highest BCUT2D eigenvalue weighted by atomic mass is 16.5. The predicted molar refractivity (Wildman–Crippen MR) is 55.3 cm³/mol. The largest absolute Gasteiger partial charge is 0.493 e. The third-order valence-corrected chi connectivity index (χ3v) is 2.93. The monoisotopic (exact) mass is 192 g/mol. The molecule has 1 aromatic carbocycles. The van der Waals surface area contributed by atoms with Crippen LogP contribution in [-0.2, 0) is 5.60 Å². The van der Waals surface area contributed by atoms with E-state index >= 15 is 0 Å². The molecule has 2 rings (SSSR count). The van der Waals surface area contributed by atoms with Crippen LogP contribution in [0, 0.1) is 5.92 Å². The molecule has 0 bridgehead atoms. The van der Waals surface area contributed by atoms with Crippen LogP contribution in [0.1, 0.15) is 25.8 Å². The lowest BCUT2D eigenvalue weighted by molar-refractivity contribution is 0.130. The Morgan fingerprint density at radius 2 is 2.14 bits per heavy atom. The molecule has 1 aliphatic carbocycles. The smallest absolute Gasteiger partial charge is 0.125 e. The van der Waals surface area contributed by atoms with Crippen molar-refractivity contribution in [2.24, 2.45) is 5.92 Å². The first kappa shape index (κ1) is 9.53. The Morgan fingerprint density at radius 1 is 1.50 bits per heavy atom. The number of benzene rings is 1. The lowest BCUT2D eigenvalue weighted by Gasteiger charge is -2.14. The maximum atomic E-state index is 10.2. The molecule has 0 heterocycles. The summed E-state index contributed by atoms with van der Waals surface area (Å²) in [6, 6.07) is 7.75. The number of hydrogen-bond acceptors (Lipinski definition) is 2. The molecule has 1 aromatic rings. The summed E-state index contributed by atoms with van der Waals surface area (Å²) < 4.78 is 5.49.